The van der Waals surface area contributed by atoms with E-state index in [-0.39, 0.29) is 5.92 Å². The van der Waals surface area contributed by atoms with E-state index >= 15 is 0 Å². The quantitative estimate of drug-likeness (QED) is 0.173. The Balaban J connectivity index is 1.02. The highest BCUT2D eigenvalue weighted by atomic mass is 32.1. The van der Waals surface area contributed by atoms with Crippen LogP contribution in [-0.4, -0.2) is 15.0 Å². The number of aromatic nitrogens is 3. The molecule has 4 nitrogen and oxygen atoms in total. The highest BCUT2D eigenvalue weighted by molar-refractivity contribution is 7.26. The molecule has 1 atom stereocenters. The number of fused-ring (bicyclic) bond motifs is 10. The van der Waals surface area contributed by atoms with Gasteiger partial charge in [0.15, 0.2) is 17.5 Å². The second kappa shape index (κ2) is 14.4. The Morgan fingerprint density at radius 3 is 1.97 bits per heavy atom. The molecule has 12 aromatic rings. The number of aryl methyl sites for hydroxylation is 1. The highest BCUT2D eigenvalue weighted by Crippen LogP contribution is 2.48. The maximum Gasteiger partial charge on any atom is 0.167 e. The largest absolute Gasteiger partial charge is 0.455 e. The van der Waals surface area contributed by atoms with E-state index in [0.29, 0.717) is 17.5 Å². The fourth-order valence-corrected chi connectivity index (χ4v) is 11.2. The molecule has 3 heterocycles. The number of nitrogens with zero attached hydrogens (tertiary/aromatic N) is 3. The van der Waals surface area contributed by atoms with Gasteiger partial charge < -0.3 is 4.42 Å². The van der Waals surface area contributed by atoms with E-state index < -0.39 is 0 Å². The lowest BCUT2D eigenvalue weighted by Crippen LogP contribution is -2.04. The van der Waals surface area contributed by atoms with Gasteiger partial charge in [-0.1, -0.05) is 164 Å². The van der Waals surface area contributed by atoms with Gasteiger partial charge in [-0.05, 0) is 92.9 Å². The lowest BCUT2D eigenvalue weighted by molar-refractivity contribution is 0.668. The van der Waals surface area contributed by atoms with Crippen LogP contribution in [0.5, 0.6) is 0 Å². The summed E-state index contributed by atoms with van der Waals surface area (Å²) in [4.78, 5) is 16.0. The van der Waals surface area contributed by atoms with Crippen LogP contribution in [0.1, 0.15) is 29.0 Å². The molecule has 0 N–H and O–H groups in total. The van der Waals surface area contributed by atoms with Gasteiger partial charge in [-0.3, -0.25) is 0 Å². The van der Waals surface area contributed by atoms with Crippen LogP contribution in [0.15, 0.2) is 199 Å². The van der Waals surface area contributed by atoms with Crippen LogP contribution in [-0.2, 0) is 6.42 Å². The molecule has 0 spiro atoms. The Morgan fingerprint density at radius 2 is 1.10 bits per heavy atom. The molecule has 0 saturated carbocycles. The average Bonchev–Trinajstić information content (AvgIpc) is 3.89. The molecule has 0 saturated heterocycles. The Labute approximate surface area is 367 Å². The summed E-state index contributed by atoms with van der Waals surface area (Å²) in [5, 5.41) is 7.19. The van der Waals surface area contributed by atoms with Crippen molar-refractivity contribution in [3.05, 3.63) is 211 Å². The topological polar surface area (TPSA) is 51.8 Å². The van der Waals surface area contributed by atoms with E-state index in [1.807, 2.05) is 6.07 Å². The van der Waals surface area contributed by atoms with Crippen LogP contribution in [0.3, 0.4) is 0 Å². The van der Waals surface area contributed by atoms with Crippen molar-refractivity contribution in [3.8, 4) is 56.4 Å². The Kier molecular flexibility index (Phi) is 8.25. The Hall–Kier alpha value is -7.73. The highest BCUT2D eigenvalue weighted by Gasteiger charge is 2.29. The van der Waals surface area contributed by atoms with Crippen molar-refractivity contribution in [2.24, 2.45) is 0 Å². The van der Waals surface area contributed by atoms with Gasteiger partial charge in [0.05, 0.1) is 5.56 Å². The monoisotopic (exact) mass is 823 g/mol. The first kappa shape index (κ1) is 36.0. The van der Waals surface area contributed by atoms with Crippen LogP contribution >= 0.6 is 11.3 Å². The van der Waals surface area contributed by atoms with E-state index in [1.165, 1.54) is 59.6 Å². The molecule has 1 aliphatic rings. The van der Waals surface area contributed by atoms with Crippen LogP contribution in [0, 0.1) is 0 Å². The standard InChI is InChI=1S/C58H37N3OS/c1-2-13-35(14-3-1)36-25-27-37(28-26-36)56-59-57(61-58(60-56)49-22-12-21-46-44-19-9-11-24-52(44)63-55(46)49)48-32-31-45(53-47-20-8-10-23-51(47)62-54(48)53)43-30-29-40-33-38-15-4-5-16-39(38)34-50(40)42-18-7-6-17-41(42)43/h1-28,31-34,43H,29-30H2. The van der Waals surface area contributed by atoms with Gasteiger partial charge >= 0.3 is 0 Å². The van der Waals surface area contributed by atoms with Gasteiger partial charge in [0.2, 0.25) is 0 Å². The molecule has 5 heteroatoms. The van der Waals surface area contributed by atoms with E-state index in [1.54, 1.807) is 11.3 Å². The lowest BCUT2D eigenvalue weighted by atomic mass is 9.83. The zero-order valence-corrected chi connectivity index (χ0v) is 34.9. The zero-order chi connectivity index (χ0) is 41.4. The Bertz CT molecular complexity index is 3750. The lowest BCUT2D eigenvalue weighted by Gasteiger charge is -2.20. The molecule has 1 unspecified atom stereocenters. The van der Waals surface area contributed by atoms with Crippen LogP contribution in [0.2, 0.25) is 0 Å². The summed E-state index contributed by atoms with van der Waals surface area (Å²) in [5.74, 6) is 1.96. The third kappa shape index (κ3) is 5.92. The summed E-state index contributed by atoms with van der Waals surface area (Å²) in [7, 11) is 0. The minimum atomic E-state index is 0.132. The first-order valence-electron chi connectivity index (χ1n) is 21.6. The van der Waals surface area contributed by atoms with Gasteiger partial charge in [-0.25, -0.2) is 15.0 Å². The maximum absolute atomic E-state index is 6.97. The van der Waals surface area contributed by atoms with Gasteiger partial charge in [0, 0.05) is 48.0 Å². The summed E-state index contributed by atoms with van der Waals surface area (Å²) in [6, 6.07) is 69.5. The Morgan fingerprint density at radius 1 is 0.444 bits per heavy atom. The summed E-state index contributed by atoms with van der Waals surface area (Å²) in [6.07, 6.45) is 1.93. The molecular formula is C58H37N3OS. The third-order valence-electron chi connectivity index (χ3n) is 13.0. The molecule has 0 amide bonds. The van der Waals surface area contributed by atoms with Crippen molar-refractivity contribution in [2.45, 2.75) is 18.8 Å². The molecule has 0 bridgehead atoms. The number of hydrogen-bond acceptors (Lipinski definition) is 5. The van der Waals surface area contributed by atoms with Crippen molar-refractivity contribution in [1.82, 2.24) is 15.0 Å². The van der Waals surface area contributed by atoms with Crippen LogP contribution in [0.25, 0.3) is 109 Å². The molecular weight excluding hydrogens is 787 g/mol. The number of thiophene rings is 1. The molecule has 9 aromatic carbocycles. The van der Waals surface area contributed by atoms with Gasteiger partial charge in [0.25, 0.3) is 0 Å². The van der Waals surface area contributed by atoms with Gasteiger partial charge in [0.1, 0.15) is 11.2 Å². The first-order valence-corrected chi connectivity index (χ1v) is 22.4. The minimum Gasteiger partial charge on any atom is -0.455 e. The summed E-state index contributed by atoms with van der Waals surface area (Å²) < 4.78 is 9.37. The van der Waals surface area contributed by atoms with E-state index in [9.17, 15) is 0 Å². The van der Waals surface area contributed by atoms with Crippen molar-refractivity contribution in [2.75, 3.05) is 0 Å². The molecule has 3 aromatic heterocycles. The maximum atomic E-state index is 6.97. The van der Waals surface area contributed by atoms with E-state index in [4.69, 9.17) is 19.4 Å². The zero-order valence-electron chi connectivity index (χ0n) is 34.1. The normalized spacial score (nSPS) is 13.7. The SMILES string of the molecule is c1ccc(-c2ccc(-c3nc(-c4ccc(C5CCc6cc7ccccc7cc6-c6ccccc65)c5c4oc4ccccc45)nc(-c4cccc5c4sc4ccccc45)n3)cc2)cc1. The molecule has 0 aliphatic heterocycles. The predicted octanol–water partition coefficient (Wildman–Crippen LogP) is 15.7. The smallest absolute Gasteiger partial charge is 0.167 e. The van der Waals surface area contributed by atoms with Crippen molar-refractivity contribution in [3.63, 3.8) is 0 Å². The molecule has 13 rings (SSSR count). The number of hydrogen-bond donors (Lipinski definition) is 0. The van der Waals surface area contributed by atoms with Gasteiger partial charge in [-0.15, -0.1) is 11.3 Å². The van der Waals surface area contributed by atoms with Crippen molar-refractivity contribution < 1.29 is 4.42 Å². The van der Waals surface area contributed by atoms with Crippen molar-refractivity contribution >= 4 is 64.2 Å². The van der Waals surface area contributed by atoms with Gasteiger partial charge in [-0.2, -0.15) is 0 Å². The number of rotatable bonds is 5. The van der Waals surface area contributed by atoms with Crippen molar-refractivity contribution in [1.29, 1.82) is 0 Å². The minimum absolute atomic E-state index is 0.132. The number of para-hydroxylation sites is 1. The van der Waals surface area contributed by atoms with E-state index in [2.05, 4.69) is 188 Å². The fraction of sp³-hybridized carbons (Fsp3) is 0.0517. The predicted molar refractivity (Wildman–Crippen MR) is 261 cm³/mol. The summed E-state index contributed by atoms with van der Waals surface area (Å²) in [5.41, 5.74) is 13.3. The fourth-order valence-electron chi connectivity index (χ4n) is 10.0. The average molecular weight is 824 g/mol. The summed E-state index contributed by atoms with van der Waals surface area (Å²) >= 11 is 1.78. The molecule has 1 aliphatic carbocycles. The molecule has 63 heavy (non-hydrogen) atoms. The molecule has 0 fully saturated rings. The van der Waals surface area contributed by atoms with Crippen LogP contribution in [0.4, 0.5) is 0 Å². The summed E-state index contributed by atoms with van der Waals surface area (Å²) in [6.45, 7) is 0. The van der Waals surface area contributed by atoms with Crippen LogP contribution < -0.4 is 0 Å². The third-order valence-corrected chi connectivity index (χ3v) is 14.2. The first-order chi connectivity index (χ1) is 31.2. The van der Waals surface area contributed by atoms with E-state index in [0.717, 1.165) is 61.7 Å². The molecule has 0 radical (unpaired) electrons. The number of benzene rings is 9. The second-order valence-electron chi connectivity index (χ2n) is 16.6. The second-order valence-corrected chi connectivity index (χ2v) is 17.6. The molecule has 296 valence electrons. The number of furan rings is 1.